The molecule has 0 aliphatic heterocycles. The maximum absolute atomic E-state index is 10.3. The summed E-state index contributed by atoms with van der Waals surface area (Å²) in [5, 5.41) is 10.5. The van der Waals surface area contributed by atoms with Gasteiger partial charge in [-0.3, -0.25) is 0 Å². The molecule has 0 aromatic heterocycles. The summed E-state index contributed by atoms with van der Waals surface area (Å²) < 4.78 is 10.7. The summed E-state index contributed by atoms with van der Waals surface area (Å²) in [7, 11) is 3.15. The lowest BCUT2D eigenvalue weighted by atomic mass is 10.1. The Kier molecular flexibility index (Phi) is 5.16. The molecular formula is C15H20O3S2. The maximum atomic E-state index is 10.3. The van der Waals surface area contributed by atoms with Crippen LogP contribution in [0, 0.1) is 0 Å². The minimum atomic E-state index is 0.0894. The number of thioether (sulfide) groups is 2. The molecule has 1 aromatic carbocycles. The van der Waals surface area contributed by atoms with Gasteiger partial charge in [0.05, 0.1) is 19.5 Å². The Bertz CT molecular complexity index is 526. The van der Waals surface area contributed by atoms with Gasteiger partial charge in [-0.05, 0) is 29.2 Å². The van der Waals surface area contributed by atoms with E-state index in [9.17, 15) is 5.11 Å². The van der Waals surface area contributed by atoms with Crippen molar-refractivity contribution in [1.82, 2.24) is 0 Å². The van der Waals surface area contributed by atoms with Gasteiger partial charge in [0.1, 0.15) is 0 Å². The summed E-state index contributed by atoms with van der Waals surface area (Å²) in [6.45, 7) is 4.30. The number of fused-ring (bicyclic) bond motifs is 1. The molecule has 3 nitrogen and oxygen atoms in total. The van der Waals surface area contributed by atoms with Crippen LogP contribution in [0.1, 0.15) is 30.2 Å². The maximum Gasteiger partial charge on any atom is 0.201 e. The number of methoxy groups -OCH3 is 2. The molecule has 0 saturated carbocycles. The average molecular weight is 312 g/mol. The van der Waals surface area contributed by atoms with Gasteiger partial charge in [-0.25, -0.2) is 0 Å². The highest BCUT2D eigenvalue weighted by Crippen LogP contribution is 2.55. The summed E-state index contributed by atoms with van der Waals surface area (Å²) in [5.74, 6) is 3.13. The summed E-state index contributed by atoms with van der Waals surface area (Å²) in [6.07, 6.45) is 2.18. The Morgan fingerprint density at radius 2 is 1.95 bits per heavy atom. The fourth-order valence-corrected chi connectivity index (χ4v) is 4.59. The van der Waals surface area contributed by atoms with E-state index < -0.39 is 0 Å². The van der Waals surface area contributed by atoms with Gasteiger partial charge in [0.25, 0.3) is 0 Å². The molecule has 0 heterocycles. The van der Waals surface area contributed by atoms with Crippen LogP contribution in [0.4, 0.5) is 0 Å². The number of benzene rings is 1. The Morgan fingerprint density at radius 3 is 2.50 bits per heavy atom. The number of rotatable bonds is 6. The number of phenols is 1. The van der Waals surface area contributed by atoms with Crippen molar-refractivity contribution in [2.75, 3.05) is 25.7 Å². The summed E-state index contributed by atoms with van der Waals surface area (Å²) >= 11 is 3.70. The normalized spacial score (nSPS) is 16.8. The molecule has 1 aliphatic carbocycles. The van der Waals surface area contributed by atoms with Crippen LogP contribution in [-0.2, 0) is 0 Å². The third kappa shape index (κ3) is 2.61. The van der Waals surface area contributed by atoms with Crippen molar-refractivity contribution in [1.29, 1.82) is 0 Å². The van der Waals surface area contributed by atoms with Crippen molar-refractivity contribution in [3.63, 3.8) is 0 Å². The average Bonchev–Trinajstić information content (AvgIpc) is 2.77. The monoisotopic (exact) mass is 312 g/mol. The molecular weight excluding hydrogens is 292 g/mol. The lowest BCUT2D eigenvalue weighted by Crippen LogP contribution is -1.99. The minimum Gasteiger partial charge on any atom is -0.502 e. The quantitative estimate of drug-likeness (QED) is 0.847. The van der Waals surface area contributed by atoms with Crippen molar-refractivity contribution >= 4 is 29.6 Å². The van der Waals surface area contributed by atoms with E-state index in [4.69, 9.17) is 9.47 Å². The molecule has 0 saturated heterocycles. The van der Waals surface area contributed by atoms with Gasteiger partial charge in [-0.15, -0.1) is 23.5 Å². The van der Waals surface area contributed by atoms with E-state index in [1.165, 1.54) is 4.91 Å². The summed E-state index contributed by atoms with van der Waals surface area (Å²) in [6, 6.07) is 1.89. The Balaban J connectivity index is 2.56. The predicted molar refractivity (Wildman–Crippen MR) is 88.2 cm³/mol. The van der Waals surface area contributed by atoms with Crippen molar-refractivity contribution in [3.05, 3.63) is 22.1 Å². The first-order chi connectivity index (χ1) is 9.67. The zero-order chi connectivity index (χ0) is 14.7. The molecule has 1 aliphatic rings. The lowest BCUT2D eigenvalue weighted by molar-refractivity contribution is 0.337. The van der Waals surface area contributed by atoms with E-state index in [2.05, 4.69) is 19.9 Å². The zero-order valence-electron chi connectivity index (χ0n) is 12.2. The number of hydrogen-bond donors (Lipinski definition) is 1. The van der Waals surface area contributed by atoms with E-state index in [0.29, 0.717) is 11.5 Å². The number of phenolic OH excluding ortho intramolecular Hbond substituents is 1. The van der Waals surface area contributed by atoms with Crippen LogP contribution in [-0.4, -0.2) is 30.8 Å². The van der Waals surface area contributed by atoms with Gasteiger partial charge >= 0.3 is 0 Å². The molecule has 2 rings (SSSR count). The molecule has 0 fully saturated rings. The molecule has 0 radical (unpaired) electrons. The molecule has 1 atom stereocenters. The van der Waals surface area contributed by atoms with Crippen LogP contribution in [0.3, 0.4) is 0 Å². The van der Waals surface area contributed by atoms with E-state index in [1.807, 2.05) is 29.6 Å². The molecule has 0 bridgehead atoms. The third-order valence-electron chi connectivity index (χ3n) is 3.18. The Labute approximate surface area is 128 Å². The highest BCUT2D eigenvalue weighted by molar-refractivity contribution is 8.06. The van der Waals surface area contributed by atoms with Crippen LogP contribution < -0.4 is 9.47 Å². The molecule has 1 N–H and O–H groups in total. The van der Waals surface area contributed by atoms with E-state index in [-0.39, 0.29) is 11.0 Å². The SMILES string of the molecule is CCSC1=Cc2cc(OC)c(O)c(OC)c2C1SCC. The standard InChI is InChI=1S/C15H20O3S2/c1-5-19-11-8-9-7-10(17-3)13(16)14(18-4)12(9)15(11)20-6-2/h7-8,15-16H,5-6H2,1-4H3. The van der Waals surface area contributed by atoms with Crippen molar-refractivity contribution < 1.29 is 14.6 Å². The molecule has 1 aromatic rings. The second kappa shape index (κ2) is 6.68. The second-order valence-corrected chi connectivity index (χ2v) is 7.00. The zero-order valence-corrected chi connectivity index (χ0v) is 13.9. The molecule has 0 spiro atoms. The lowest BCUT2D eigenvalue weighted by Gasteiger charge is -2.19. The largest absolute Gasteiger partial charge is 0.502 e. The smallest absolute Gasteiger partial charge is 0.201 e. The Hall–Kier alpha value is -0.940. The first kappa shape index (κ1) is 15.4. The van der Waals surface area contributed by atoms with Gasteiger partial charge < -0.3 is 14.6 Å². The van der Waals surface area contributed by atoms with E-state index in [1.54, 1.807) is 14.2 Å². The number of aromatic hydroxyl groups is 1. The van der Waals surface area contributed by atoms with Gasteiger partial charge in [0, 0.05) is 10.5 Å². The fourth-order valence-electron chi connectivity index (χ4n) is 2.40. The minimum absolute atomic E-state index is 0.0894. The van der Waals surface area contributed by atoms with E-state index >= 15 is 0 Å². The van der Waals surface area contributed by atoms with Crippen molar-refractivity contribution in [3.8, 4) is 17.2 Å². The van der Waals surface area contributed by atoms with Crippen LogP contribution in [0.5, 0.6) is 17.2 Å². The summed E-state index contributed by atoms with van der Waals surface area (Å²) in [4.78, 5) is 1.32. The second-order valence-electron chi connectivity index (χ2n) is 4.28. The number of hydrogen-bond acceptors (Lipinski definition) is 5. The van der Waals surface area contributed by atoms with Gasteiger partial charge in [-0.1, -0.05) is 13.8 Å². The van der Waals surface area contributed by atoms with E-state index in [0.717, 1.165) is 22.6 Å². The summed E-state index contributed by atoms with van der Waals surface area (Å²) in [5.41, 5.74) is 2.15. The highest BCUT2D eigenvalue weighted by Gasteiger charge is 2.32. The van der Waals surface area contributed by atoms with Crippen LogP contribution in [0.15, 0.2) is 11.0 Å². The first-order valence-corrected chi connectivity index (χ1v) is 8.65. The first-order valence-electron chi connectivity index (χ1n) is 6.61. The van der Waals surface area contributed by atoms with Gasteiger partial charge in [0.15, 0.2) is 11.5 Å². The third-order valence-corrected chi connectivity index (χ3v) is 5.46. The van der Waals surface area contributed by atoms with Crippen molar-refractivity contribution in [2.24, 2.45) is 0 Å². The molecule has 1 unspecified atom stereocenters. The molecule has 110 valence electrons. The van der Waals surface area contributed by atoms with Crippen LogP contribution in [0.25, 0.3) is 6.08 Å². The van der Waals surface area contributed by atoms with Crippen LogP contribution in [0.2, 0.25) is 0 Å². The van der Waals surface area contributed by atoms with Crippen LogP contribution >= 0.6 is 23.5 Å². The van der Waals surface area contributed by atoms with Crippen molar-refractivity contribution in [2.45, 2.75) is 19.1 Å². The van der Waals surface area contributed by atoms with Gasteiger partial charge in [0.2, 0.25) is 5.75 Å². The molecule has 0 amide bonds. The Morgan fingerprint density at radius 1 is 1.20 bits per heavy atom. The molecule has 20 heavy (non-hydrogen) atoms. The fraction of sp³-hybridized carbons (Fsp3) is 0.467. The number of ether oxygens (including phenoxy) is 2. The van der Waals surface area contributed by atoms with Gasteiger partial charge in [-0.2, -0.15) is 0 Å². The predicted octanol–water partition coefficient (Wildman–Crippen LogP) is 4.31. The molecule has 5 heteroatoms. The topological polar surface area (TPSA) is 38.7 Å². The highest BCUT2D eigenvalue weighted by atomic mass is 32.2.